The fraction of sp³-hybridized carbons (Fsp3) is 0.143. The molecule has 0 atom stereocenters. The number of benzene rings is 1. The first-order valence-corrected chi connectivity index (χ1v) is 6.23. The molecule has 1 heterocycles. The van der Waals surface area contributed by atoms with Crippen LogP contribution in [0.2, 0.25) is 0 Å². The number of H-pyrrole nitrogens is 1. The van der Waals surface area contributed by atoms with Crippen molar-refractivity contribution in [1.29, 1.82) is 0 Å². The van der Waals surface area contributed by atoms with Gasteiger partial charge in [0.05, 0.1) is 5.56 Å². The van der Waals surface area contributed by atoms with E-state index in [2.05, 4.69) is 4.98 Å². The lowest BCUT2D eigenvalue weighted by Crippen LogP contribution is -2.17. The Kier molecular flexibility index (Phi) is 4.18. The monoisotopic (exact) mass is 315 g/mol. The molecule has 2 rings (SSSR count). The van der Waals surface area contributed by atoms with E-state index in [-0.39, 0.29) is 12.0 Å². The molecule has 0 aliphatic carbocycles. The Hall–Kier alpha value is -2.08. The molecule has 0 saturated heterocycles. The molecule has 110 valence electrons. The van der Waals surface area contributed by atoms with E-state index in [0.29, 0.717) is 11.1 Å². The maximum Gasteiger partial charge on any atom is 0.416 e. The molecule has 0 radical (unpaired) electrons. The van der Waals surface area contributed by atoms with Gasteiger partial charge in [-0.25, -0.2) is 0 Å². The summed E-state index contributed by atoms with van der Waals surface area (Å²) in [5.74, 6) is 0. The van der Waals surface area contributed by atoms with Gasteiger partial charge in [-0.3, -0.25) is 9.59 Å². The third-order valence-electron chi connectivity index (χ3n) is 2.92. The van der Waals surface area contributed by atoms with Crippen molar-refractivity contribution in [2.45, 2.75) is 12.6 Å². The Morgan fingerprint density at radius 1 is 1.14 bits per heavy atom. The van der Waals surface area contributed by atoms with Gasteiger partial charge < -0.3 is 4.98 Å². The molecule has 0 bridgehead atoms. The fourth-order valence-electron chi connectivity index (χ4n) is 1.91. The molecule has 1 aromatic carbocycles. The number of pyridine rings is 1. The van der Waals surface area contributed by atoms with E-state index >= 15 is 0 Å². The lowest BCUT2D eigenvalue weighted by atomic mass is 10.0. The van der Waals surface area contributed by atoms with Crippen LogP contribution in [0.15, 0.2) is 41.3 Å². The third-order valence-corrected chi connectivity index (χ3v) is 3.11. The molecule has 1 N–H and O–H groups in total. The standard InChI is InChI=1S/C14H9ClF3NO2/c15-12(20)11-9(5-6-19-13(11)21)7-8-1-3-10(4-2-8)14(16,17)18/h1-6H,7H2,(H,19,21). The highest BCUT2D eigenvalue weighted by Gasteiger charge is 2.29. The number of carbonyl (C=O) groups is 1. The number of nitrogens with one attached hydrogen (secondary N) is 1. The van der Waals surface area contributed by atoms with Crippen LogP contribution in [0.1, 0.15) is 27.0 Å². The summed E-state index contributed by atoms with van der Waals surface area (Å²) in [6.45, 7) is 0. The number of halogens is 4. The van der Waals surface area contributed by atoms with Crippen LogP contribution in [0.4, 0.5) is 13.2 Å². The predicted octanol–water partition coefficient (Wildman–Crippen LogP) is 3.36. The molecule has 0 aliphatic heterocycles. The molecule has 0 unspecified atom stereocenters. The predicted molar refractivity (Wildman–Crippen MR) is 71.5 cm³/mol. The van der Waals surface area contributed by atoms with E-state index in [4.69, 9.17) is 11.6 Å². The molecule has 1 aromatic heterocycles. The molecule has 21 heavy (non-hydrogen) atoms. The number of rotatable bonds is 3. The molecule has 2 aromatic rings. The van der Waals surface area contributed by atoms with E-state index in [1.165, 1.54) is 24.4 Å². The number of aromatic nitrogens is 1. The summed E-state index contributed by atoms with van der Waals surface area (Å²) in [7, 11) is 0. The molecular formula is C14H9ClF3NO2. The molecule has 0 amide bonds. The summed E-state index contributed by atoms with van der Waals surface area (Å²) in [4.78, 5) is 25.1. The van der Waals surface area contributed by atoms with Crippen molar-refractivity contribution in [2.24, 2.45) is 0 Å². The van der Waals surface area contributed by atoms with Gasteiger partial charge in [-0.15, -0.1) is 0 Å². The second-order valence-electron chi connectivity index (χ2n) is 4.35. The van der Waals surface area contributed by atoms with Crippen LogP contribution < -0.4 is 5.56 Å². The van der Waals surface area contributed by atoms with E-state index < -0.39 is 22.5 Å². The van der Waals surface area contributed by atoms with Crippen LogP contribution in [0.25, 0.3) is 0 Å². The van der Waals surface area contributed by atoms with E-state index in [1.54, 1.807) is 0 Å². The molecule has 0 fully saturated rings. The second-order valence-corrected chi connectivity index (χ2v) is 4.70. The van der Waals surface area contributed by atoms with Crippen molar-refractivity contribution >= 4 is 16.8 Å². The molecule has 7 heteroatoms. The zero-order chi connectivity index (χ0) is 15.6. The second kappa shape index (κ2) is 5.73. The summed E-state index contributed by atoms with van der Waals surface area (Å²) >= 11 is 5.36. The van der Waals surface area contributed by atoms with Gasteiger partial charge in [0.1, 0.15) is 5.56 Å². The van der Waals surface area contributed by atoms with Gasteiger partial charge in [-0.2, -0.15) is 13.2 Å². The van der Waals surface area contributed by atoms with Gasteiger partial charge in [0, 0.05) is 6.20 Å². The SMILES string of the molecule is O=C(Cl)c1c(Cc2ccc(C(F)(F)F)cc2)cc[nH]c1=O. The maximum atomic E-state index is 12.5. The lowest BCUT2D eigenvalue weighted by molar-refractivity contribution is -0.137. The van der Waals surface area contributed by atoms with Crippen LogP contribution in [0, 0.1) is 0 Å². The van der Waals surface area contributed by atoms with Gasteiger partial charge in [-0.05, 0) is 47.3 Å². The quantitative estimate of drug-likeness (QED) is 0.883. The number of aromatic amines is 1. The van der Waals surface area contributed by atoms with Crippen molar-refractivity contribution in [3.05, 3.63) is 69.1 Å². The van der Waals surface area contributed by atoms with Gasteiger partial charge in [-0.1, -0.05) is 12.1 Å². The first-order chi connectivity index (χ1) is 9.79. The molecule has 0 spiro atoms. The maximum absolute atomic E-state index is 12.5. The number of alkyl halides is 3. The largest absolute Gasteiger partial charge is 0.416 e. The Labute approximate surface area is 122 Å². The summed E-state index contributed by atoms with van der Waals surface area (Å²) in [5.41, 5.74) is -0.685. The van der Waals surface area contributed by atoms with Crippen LogP contribution in [-0.4, -0.2) is 10.2 Å². The molecule has 0 aliphatic rings. The number of carbonyl (C=O) groups excluding carboxylic acids is 1. The van der Waals surface area contributed by atoms with Crippen LogP contribution in [-0.2, 0) is 12.6 Å². The summed E-state index contributed by atoms with van der Waals surface area (Å²) in [5, 5.41) is -0.904. The van der Waals surface area contributed by atoms with Crippen molar-refractivity contribution in [3.63, 3.8) is 0 Å². The van der Waals surface area contributed by atoms with Crippen molar-refractivity contribution in [2.75, 3.05) is 0 Å². The van der Waals surface area contributed by atoms with Crippen LogP contribution >= 0.6 is 11.6 Å². The first kappa shape index (κ1) is 15.3. The highest BCUT2D eigenvalue weighted by atomic mass is 35.5. The zero-order valence-corrected chi connectivity index (χ0v) is 11.3. The molecule has 3 nitrogen and oxygen atoms in total. The summed E-state index contributed by atoms with van der Waals surface area (Å²) in [6, 6.07) is 5.99. The van der Waals surface area contributed by atoms with E-state index in [1.807, 2.05) is 0 Å². The van der Waals surface area contributed by atoms with Crippen LogP contribution in [0.3, 0.4) is 0 Å². The van der Waals surface area contributed by atoms with E-state index in [0.717, 1.165) is 12.1 Å². The van der Waals surface area contributed by atoms with Crippen LogP contribution in [0.5, 0.6) is 0 Å². The average molecular weight is 316 g/mol. The van der Waals surface area contributed by atoms with Gasteiger partial charge >= 0.3 is 6.18 Å². The normalized spacial score (nSPS) is 11.4. The first-order valence-electron chi connectivity index (χ1n) is 5.85. The minimum Gasteiger partial charge on any atom is -0.328 e. The van der Waals surface area contributed by atoms with Crippen molar-refractivity contribution in [1.82, 2.24) is 4.98 Å². The lowest BCUT2D eigenvalue weighted by Gasteiger charge is -2.08. The van der Waals surface area contributed by atoms with Gasteiger partial charge in [0.15, 0.2) is 0 Å². The number of hydrogen-bond donors (Lipinski definition) is 1. The van der Waals surface area contributed by atoms with Crippen molar-refractivity contribution < 1.29 is 18.0 Å². The highest BCUT2D eigenvalue weighted by Crippen LogP contribution is 2.29. The third kappa shape index (κ3) is 3.52. The minimum absolute atomic E-state index is 0.135. The highest BCUT2D eigenvalue weighted by molar-refractivity contribution is 6.67. The Morgan fingerprint density at radius 3 is 2.29 bits per heavy atom. The van der Waals surface area contributed by atoms with E-state index in [9.17, 15) is 22.8 Å². The Balaban J connectivity index is 2.33. The number of hydrogen-bond acceptors (Lipinski definition) is 2. The van der Waals surface area contributed by atoms with Gasteiger partial charge in [0.2, 0.25) is 0 Å². The smallest absolute Gasteiger partial charge is 0.328 e. The minimum atomic E-state index is -4.40. The van der Waals surface area contributed by atoms with Crippen molar-refractivity contribution in [3.8, 4) is 0 Å². The zero-order valence-electron chi connectivity index (χ0n) is 10.5. The Morgan fingerprint density at radius 2 is 1.76 bits per heavy atom. The summed E-state index contributed by atoms with van der Waals surface area (Å²) < 4.78 is 37.4. The van der Waals surface area contributed by atoms with Gasteiger partial charge in [0.25, 0.3) is 10.8 Å². The Bertz CT molecular complexity index is 720. The molecular weight excluding hydrogens is 307 g/mol. The summed E-state index contributed by atoms with van der Waals surface area (Å²) in [6.07, 6.45) is -2.92. The molecule has 0 saturated carbocycles. The topological polar surface area (TPSA) is 49.9 Å². The average Bonchev–Trinajstić information content (AvgIpc) is 2.38. The fourth-order valence-corrected chi connectivity index (χ4v) is 2.12.